The molecule has 2 aromatic carbocycles. The molecule has 0 spiro atoms. The van der Waals surface area contributed by atoms with Gasteiger partial charge in [0.2, 0.25) is 0 Å². The van der Waals surface area contributed by atoms with Crippen LogP contribution in [-0.4, -0.2) is 61.4 Å². The third-order valence-corrected chi connectivity index (χ3v) is 5.35. The molecule has 3 rings (SSSR count). The molecule has 0 bridgehead atoms. The molecule has 1 saturated heterocycles. The molecule has 1 fully saturated rings. The van der Waals surface area contributed by atoms with Gasteiger partial charge >= 0.3 is 0 Å². The van der Waals surface area contributed by atoms with E-state index in [-0.39, 0.29) is 12.6 Å². The molecule has 1 unspecified atom stereocenters. The van der Waals surface area contributed by atoms with Gasteiger partial charge in [-0.05, 0) is 42.3 Å². The zero-order valence-corrected chi connectivity index (χ0v) is 16.9. The number of ether oxygens (including phenoxy) is 2. The quantitative estimate of drug-likeness (QED) is 0.730. The molecular formula is C22H28F2N2O3. The molecular weight excluding hydrogens is 378 g/mol. The number of aliphatic hydroxyl groups excluding tert-OH is 1. The smallest absolute Gasteiger partial charge is 0.127 e. The molecule has 1 atom stereocenters. The summed E-state index contributed by atoms with van der Waals surface area (Å²) in [7, 11) is 3.24. The summed E-state index contributed by atoms with van der Waals surface area (Å²) in [5, 5.41) is 9.53. The van der Waals surface area contributed by atoms with Crippen LogP contribution < -0.4 is 9.47 Å². The fourth-order valence-corrected chi connectivity index (χ4v) is 3.83. The van der Waals surface area contributed by atoms with Crippen LogP contribution in [0.25, 0.3) is 0 Å². The second kappa shape index (κ2) is 10.0. The van der Waals surface area contributed by atoms with Crippen LogP contribution in [0.15, 0.2) is 36.4 Å². The van der Waals surface area contributed by atoms with Gasteiger partial charge in [-0.3, -0.25) is 9.80 Å². The van der Waals surface area contributed by atoms with Crippen molar-refractivity contribution < 1.29 is 23.4 Å². The van der Waals surface area contributed by atoms with Crippen LogP contribution in [0.3, 0.4) is 0 Å². The van der Waals surface area contributed by atoms with E-state index in [1.807, 2.05) is 18.2 Å². The molecule has 0 radical (unpaired) electrons. The first-order chi connectivity index (χ1) is 14.0. The molecule has 0 aromatic heterocycles. The number of halogens is 2. The van der Waals surface area contributed by atoms with Crippen LogP contribution in [-0.2, 0) is 13.1 Å². The van der Waals surface area contributed by atoms with E-state index in [1.165, 1.54) is 12.1 Å². The molecule has 7 heteroatoms. The molecule has 5 nitrogen and oxygen atoms in total. The van der Waals surface area contributed by atoms with Crippen LogP contribution in [0, 0.1) is 11.6 Å². The van der Waals surface area contributed by atoms with Crippen LogP contribution in [0.1, 0.15) is 17.5 Å². The first kappa shape index (κ1) is 21.5. The Morgan fingerprint density at radius 2 is 1.72 bits per heavy atom. The van der Waals surface area contributed by atoms with Crippen molar-refractivity contribution in [2.45, 2.75) is 25.6 Å². The highest BCUT2D eigenvalue weighted by Crippen LogP contribution is 2.25. The van der Waals surface area contributed by atoms with Crippen molar-refractivity contribution in [1.82, 2.24) is 9.80 Å². The van der Waals surface area contributed by atoms with E-state index in [4.69, 9.17) is 9.47 Å². The van der Waals surface area contributed by atoms with Crippen molar-refractivity contribution in [1.29, 1.82) is 0 Å². The van der Waals surface area contributed by atoms with Crippen LogP contribution in [0.4, 0.5) is 8.78 Å². The first-order valence-corrected chi connectivity index (χ1v) is 9.75. The maximum atomic E-state index is 14.0. The maximum Gasteiger partial charge on any atom is 0.127 e. The Hall–Kier alpha value is -2.22. The lowest BCUT2D eigenvalue weighted by atomic mass is 10.1. The third-order valence-electron chi connectivity index (χ3n) is 5.35. The SMILES string of the molecule is COc1cc(CN2CCN(Cc3cc(F)ccc3F)CC2CCO)cc(OC)c1. The number of hydrogen-bond donors (Lipinski definition) is 1. The van der Waals surface area contributed by atoms with Gasteiger partial charge in [-0.15, -0.1) is 0 Å². The van der Waals surface area contributed by atoms with Gasteiger partial charge in [0.1, 0.15) is 23.1 Å². The number of methoxy groups -OCH3 is 2. The largest absolute Gasteiger partial charge is 0.497 e. The number of benzene rings is 2. The van der Waals surface area contributed by atoms with Gasteiger partial charge in [0.25, 0.3) is 0 Å². The fraction of sp³-hybridized carbons (Fsp3) is 0.455. The molecule has 1 heterocycles. The average Bonchev–Trinajstić information content (AvgIpc) is 2.72. The highest BCUT2D eigenvalue weighted by molar-refractivity contribution is 5.38. The summed E-state index contributed by atoms with van der Waals surface area (Å²) in [4.78, 5) is 4.42. The summed E-state index contributed by atoms with van der Waals surface area (Å²) in [5.74, 6) is 0.645. The van der Waals surface area contributed by atoms with Gasteiger partial charge in [-0.2, -0.15) is 0 Å². The minimum atomic E-state index is -0.432. The van der Waals surface area contributed by atoms with Gasteiger partial charge in [0.05, 0.1) is 14.2 Å². The van der Waals surface area contributed by atoms with E-state index in [1.54, 1.807) is 14.2 Å². The lowest BCUT2D eigenvalue weighted by Gasteiger charge is -2.41. The van der Waals surface area contributed by atoms with Crippen LogP contribution >= 0.6 is 0 Å². The topological polar surface area (TPSA) is 45.2 Å². The summed E-state index contributed by atoms with van der Waals surface area (Å²) in [6, 6.07) is 9.46. The zero-order valence-electron chi connectivity index (χ0n) is 16.9. The first-order valence-electron chi connectivity index (χ1n) is 9.75. The summed E-state index contributed by atoms with van der Waals surface area (Å²) in [6.07, 6.45) is 0.614. The van der Waals surface area contributed by atoms with E-state index in [0.29, 0.717) is 31.6 Å². The third kappa shape index (κ3) is 5.65. The van der Waals surface area contributed by atoms with E-state index in [9.17, 15) is 13.9 Å². The number of piperazine rings is 1. The van der Waals surface area contributed by atoms with Crippen molar-refractivity contribution in [3.63, 3.8) is 0 Å². The van der Waals surface area contributed by atoms with Crippen molar-refractivity contribution >= 4 is 0 Å². The highest BCUT2D eigenvalue weighted by Gasteiger charge is 2.27. The van der Waals surface area contributed by atoms with Crippen molar-refractivity contribution in [2.75, 3.05) is 40.5 Å². The lowest BCUT2D eigenvalue weighted by Crippen LogP contribution is -2.52. The molecule has 2 aromatic rings. The summed E-state index contributed by atoms with van der Waals surface area (Å²) < 4.78 is 38.2. The highest BCUT2D eigenvalue weighted by atomic mass is 19.1. The molecule has 1 N–H and O–H groups in total. The zero-order chi connectivity index (χ0) is 20.8. The van der Waals surface area contributed by atoms with Crippen LogP contribution in [0.2, 0.25) is 0 Å². The Kier molecular flexibility index (Phi) is 7.41. The Labute approximate surface area is 170 Å². The van der Waals surface area contributed by atoms with Gasteiger partial charge in [-0.1, -0.05) is 0 Å². The van der Waals surface area contributed by atoms with Gasteiger partial charge < -0.3 is 14.6 Å². The molecule has 1 aliphatic heterocycles. The Morgan fingerprint density at radius 1 is 1.00 bits per heavy atom. The molecule has 0 aliphatic carbocycles. The minimum absolute atomic E-state index is 0.0742. The molecule has 1 aliphatic rings. The van der Waals surface area contributed by atoms with Gasteiger partial charge in [-0.25, -0.2) is 8.78 Å². The van der Waals surface area contributed by atoms with E-state index in [0.717, 1.165) is 36.2 Å². The standard InChI is InChI=1S/C22H28F2N2O3/c1-28-20-9-16(10-21(12-20)29-2)13-26-7-6-25(15-19(26)5-8-27)14-17-11-18(23)3-4-22(17)24/h3-4,9-12,19,27H,5-8,13-15H2,1-2H3. The van der Waals surface area contributed by atoms with E-state index < -0.39 is 11.6 Å². The lowest BCUT2D eigenvalue weighted by molar-refractivity contribution is 0.0493. The van der Waals surface area contributed by atoms with E-state index in [2.05, 4.69) is 9.80 Å². The number of aliphatic hydroxyl groups is 1. The predicted molar refractivity (Wildman–Crippen MR) is 107 cm³/mol. The molecule has 158 valence electrons. The summed E-state index contributed by atoms with van der Waals surface area (Å²) in [5.41, 5.74) is 1.42. The van der Waals surface area contributed by atoms with Crippen molar-refractivity contribution in [3.05, 3.63) is 59.2 Å². The summed E-state index contributed by atoms with van der Waals surface area (Å²) >= 11 is 0. The normalized spacial score (nSPS) is 18.0. The predicted octanol–water partition coefficient (Wildman–Crippen LogP) is 3.05. The second-order valence-electron chi connectivity index (χ2n) is 7.33. The average molecular weight is 406 g/mol. The Bertz CT molecular complexity index is 796. The molecule has 0 amide bonds. The molecule has 29 heavy (non-hydrogen) atoms. The number of nitrogens with zero attached hydrogens (tertiary/aromatic N) is 2. The molecule has 0 saturated carbocycles. The number of hydrogen-bond acceptors (Lipinski definition) is 5. The maximum absolute atomic E-state index is 14.0. The van der Waals surface area contributed by atoms with Gasteiger partial charge in [0.15, 0.2) is 0 Å². The monoisotopic (exact) mass is 406 g/mol. The fourth-order valence-electron chi connectivity index (χ4n) is 3.83. The Balaban J connectivity index is 1.70. The van der Waals surface area contributed by atoms with Crippen molar-refractivity contribution in [2.24, 2.45) is 0 Å². The van der Waals surface area contributed by atoms with E-state index >= 15 is 0 Å². The van der Waals surface area contributed by atoms with Crippen molar-refractivity contribution in [3.8, 4) is 11.5 Å². The minimum Gasteiger partial charge on any atom is -0.497 e. The Morgan fingerprint density at radius 3 is 2.38 bits per heavy atom. The van der Waals surface area contributed by atoms with Gasteiger partial charge in [0, 0.05) is 57.0 Å². The number of rotatable bonds is 8. The summed E-state index contributed by atoms with van der Waals surface area (Å²) in [6.45, 7) is 3.30. The van der Waals surface area contributed by atoms with Crippen LogP contribution in [0.5, 0.6) is 11.5 Å². The second-order valence-corrected chi connectivity index (χ2v) is 7.33.